The molecule has 0 saturated heterocycles. The van der Waals surface area contributed by atoms with Gasteiger partial charge in [-0.2, -0.15) is 4.80 Å². The third kappa shape index (κ3) is 6.60. The molecule has 170 valence electrons. The van der Waals surface area contributed by atoms with Crippen LogP contribution in [0.4, 0.5) is 0 Å². The molecule has 1 aromatic carbocycles. The Morgan fingerprint density at radius 3 is 2.75 bits per heavy atom. The van der Waals surface area contributed by atoms with E-state index in [1.54, 1.807) is 23.1 Å². The van der Waals surface area contributed by atoms with Crippen LogP contribution in [0, 0.1) is 0 Å². The number of ketones is 1. The van der Waals surface area contributed by atoms with Crippen LogP contribution in [0.2, 0.25) is 0 Å². The summed E-state index contributed by atoms with van der Waals surface area (Å²) in [4.78, 5) is 17.4. The van der Waals surface area contributed by atoms with Gasteiger partial charge < -0.3 is 9.84 Å². The number of benzene rings is 1. The molecule has 0 radical (unpaired) electrons. The van der Waals surface area contributed by atoms with Crippen molar-refractivity contribution >= 4 is 5.78 Å². The van der Waals surface area contributed by atoms with Crippen LogP contribution < -0.4 is 4.74 Å². The second kappa shape index (κ2) is 11.9. The highest BCUT2D eigenvalue weighted by Gasteiger charge is 2.15. The van der Waals surface area contributed by atoms with Gasteiger partial charge in [-0.25, -0.2) is 0 Å². The number of nitrogens with zero attached hydrogens (tertiary/aromatic N) is 5. The second-order valence-corrected chi connectivity index (χ2v) is 7.82. The Kier molecular flexibility index (Phi) is 8.71. The molecular formula is C24H31N5O3. The van der Waals surface area contributed by atoms with Crippen LogP contribution in [-0.2, 0) is 25.8 Å². The molecule has 0 atom stereocenters. The molecule has 3 rings (SSSR count). The first-order valence-corrected chi connectivity index (χ1v) is 11.2. The van der Waals surface area contributed by atoms with Crippen molar-refractivity contribution in [2.45, 2.75) is 65.3 Å². The van der Waals surface area contributed by atoms with Gasteiger partial charge in [-0.15, -0.1) is 10.2 Å². The minimum Gasteiger partial charge on any atom is -0.507 e. The number of phenolic OH excluding ortho intramolecular Hbond substituents is 1. The quantitative estimate of drug-likeness (QED) is 0.319. The standard InChI is InChI=1S/C24H31N5O3/c1-3-8-21-22(13-12-20(18(2)30)24(21)31)32-16-5-4-11-23-26-28-29(27-23)15-7-10-19-9-6-14-25-17-19/h6,9,12-14,17,31H,3-5,7-8,10-11,15-16H2,1-2H3. The van der Waals surface area contributed by atoms with Gasteiger partial charge in [-0.05, 0) is 68.0 Å². The maximum atomic E-state index is 11.7. The van der Waals surface area contributed by atoms with E-state index in [0.717, 1.165) is 50.9 Å². The molecule has 0 fully saturated rings. The number of Topliss-reactive ketones (excluding diaryl/α,β-unsaturated/α-hetero) is 1. The normalized spacial score (nSPS) is 10.9. The zero-order valence-electron chi connectivity index (χ0n) is 18.8. The van der Waals surface area contributed by atoms with Crippen molar-refractivity contribution in [1.29, 1.82) is 0 Å². The summed E-state index contributed by atoms with van der Waals surface area (Å²) in [6.45, 7) is 4.73. The largest absolute Gasteiger partial charge is 0.507 e. The van der Waals surface area contributed by atoms with E-state index >= 15 is 0 Å². The van der Waals surface area contributed by atoms with Crippen molar-refractivity contribution in [2.75, 3.05) is 6.61 Å². The zero-order chi connectivity index (χ0) is 22.8. The van der Waals surface area contributed by atoms with Crippen LogP contribution >= 0.6 is 0 Å². The average Bonchev–Trinajstić information content (AvgIpc) is 3.24. The minimum atomic E-state index is -0.149. The Balaban J connectivity index is 1.40. The van der Waals surface area contributed by atoms with E-state index in [4.69, 9.17) is 4.74 Å². The molecule has 0 spiro atoms. The first kappa shape index (κ1) is 23.4. The minimum absolute atomic E-state index is 0.0428. The third-order valence-electron chi connectivity index (χ3n) is 5.21. The molecule has 0 saturated carbocycles. The van der Waals surface area contributed by atoms with Crippen molar-refractivity contribution in [3.05, 3.63) is 59.2 Å². The predicted molar refractivity (Wildman–Crippen MR) is 121 cm³/mol. The maximum Gasteiger partial charge on any atom is 0.174 e. The fourth-order valence-corrected chi connectivity index (χ4v) is 3.54. The SMILES string of the molecule is CCCc1c(OCCCCc2nnn(CCCc3cccnc3)n2)ccc(C(C)=O)c1O. The van der Waals surface area contributed by atoms with Crippen LogP contribution in [0.5, 0.6) is 11.5 Å². The summed E-state index contributed by atoms with van der Waals surface area (Å²) in [5.41, 5.74) is 2.26. The number of aromatic hydroxyl groups is 1. The van der Waals surface area contributed by atoms with E-state index in [1.807, 2.05) is 19.2 Å². The molecule has 0 amide bonds. The summed E-state index contributed by atoms with van der Waals surface area (Å²) in [7, 11) is 0. The molecule has 0 aliphatic rings. The van der Waals surface area contributed by atoms with E-state index in [2.05, 4.69) is 26.5 Å². The van der Waals surface area contributed by atoms with Crippen LogP contribution in [0.25, 0.3) is 0 Å². The predicted octanol–water partition coefficient (Wildman–Crippen LogP) is 3.96. The molecule has 0 aliphatic heterocycles. The van der Waals surface area contributed by atoms with E-state index in [9.17, 15) is 9.90 Å². The Labute approximate surface area is 188 Å². The monoisotopic (exact) mass is 437 g/mol. The highest BCUT2D eigenvalue weighted by molar-refractivity contribution is 5.97. The van der Waals surface area contributed by atoms with E-state index in [1.165, 1.54) is 12.5 Å². The zero-order valence-corrected chi connectivity index (χ0v) is 18.8. The highest BCUT2D eigenvalue weighted by atomic mass is 16.5. The molecule has 0 unspecified atom stereocenters. The first-order valence-electron chi connectivity index (χ1n) is 11.2. The van der Waals surface area contributed by atoms with Crippen molar-refractivity contribution in [3.8, 4) is 11.5 Å². The van der Waals surface area contributed by atoms with Gasteiger partial charge in [-0.1, -0.05) is 19.4 Å². The fourth-order valence-electron chi connectivity index (χ4n) is 3.54. The summed E-state index contributed by atoms with van der Waals surface area (Å²) < 4.78 is 5.91. The number of carbonyl (C=O) groups excluding carboxylic acids is 1. The van der Waals surface area contributed by atoms with Gasteiger partial charge in [0, 0.05) is 24.4 Å². The Morgan fingerprint density at radius 2 is 2.00 bits per heavy atom. The van der Waals surface area contributed by atoms with Gasteiger partial charge in [0.25, 0.3) is 0 Å². The van der Waals surface area contributed by atoms with Crippen molar-refractivity contribution in [3.63, 3.8) is 0 Å². The number of unbranched alkanes of at least 4 members (excludes halogenated alkanes) is 1. The smallest absolute Gasteiger partial charge is 0.174 e. The third-order valence-corrected chi connectivity index (χ3v) is 5.21. The first-order chi connectivity index (χ1) is 15.6. The van der Waals surface area contributed by atoms with Gasteiger partial charge in [0.1, 0.15) is 11.5 Å². The van der Waals surface area contributed by atoms with Crippen LogP contribution in [0.15, 0.2) is 36.7 Å². The summed E-state index contributed by atoms with van der Waals surface area (Å²) >= 11 is 0. The topological polar surface area (TPSA) is 103 Å². The Hall–Kier alpha value is -3.29. The number of rotatable bonds is 13. The molecule has 1 N–H and O–H groups in total. The second-order valence-electron chi connectivity index (χ2n) is 7.82. The number of ether oxygens (including phenoxy) is 1. The highest BCUT2D eigenvalue weighted by Crippen LogP contribution is 2.33. The molecular weight excluding hydrogens is 406 g/mol. The lowest BCUT2D eigenvalue weighted by Gasteiger charge is -2.14. The molecule has 0 aliphatic carbocycles. The lowest BCUT2D eigenvalue weighted by atomic mass is 10.0. The van der Waals surface area contributed by atoms with Gasteiger partial charge in [0.15, 0.2) is 11.6 Å². The summed E-state index contributed by atoms with van der Waals surface area (Å²) in [6.07, 6.45) is 9.49. The number of phenols is 1. The number of carbonyl (C=O) groups is 1. The van der Waals surface area contributed by atoms with Crippen molar-refractivity contribution < 1.29 is 14.6 Å². The van der Waals surface area contributed by atoms with E-state index < -0.39 is 0 Å². The van der Waals surface area contributed by atoms with Crippen LogP contribution in [0.1, 0.15) is 66.8 Å². The van der Waals surface area contributed by atoms with Crippen molar-refractivity contribution in [2.24, 2.45) is 0 Å². The molecule has 8 nitrogen and oxygen atoms in total. The van der Waals surface area contributed by atoms with E-state index in [0.29, 0.717) is 29.9 Å². The van der Waals surface area contributed by atoms with Gasteiger partial charge in [0.05, 0.1) is 18.7 Å². The summed E-state index contributed by atoms with van der Waals surface area (Å²) in [6, 6.07) is 7.42. The lowest BCUT2D eigenvalue weighted by molar-refractivity contribution is 0.101. The molecule has 2 heterocycles. The number of hydrogen-bond donors (Lipinski definition) is 1. The number of hydrogen-bond acceptors (Lipinski definition) is 7. The van der Waals surface area contributed by atoms with Crippen LogP contribution in [0.3, 0.4) is 0 Å². The molecule has 0 bridgehead atoms. The number of tetrazole rings is 1. The fraction of sp³-hybridized carbons (Fsp3) is 0.458. The molecule has 32 heavy (non-hydrogen) atoms. The number of aromatic nitrogens is 5. The summed E-state index contributed by atoms with van der Waals surface area (Å²) in [5, 5.41) is 23.1. The molecule has 8 heteroatoms. The van der Waals surface area contributed by atoms with Gasteiger partial charge >= 0.3 is 0 Å². The number of pyridine rings is 1. The Morgan fingerprint density at radius 1 is 1.12 bits per heavy atom. The number of aryl methyl sites for hydroxylation is 3. The molecule has 2 aromatic heterocycles. The average molecular weight is 438 g/mol. The lowest BCUT2D eigenvalue weighted by Crippen LogP contribution is -2.05. The Bertz CT molecular complexity index is 1000. The van der Waals surface area contributed by atoms with Gasteiger partial charge in [0.2, 0.25) is 0 Å². The molecule has 3 aromatic rings. The maximum absolute atomic E-state index is 11.7. The van der Waals surface area contributed by atoms with E-state index in [-0.39, 0.29) is 11.5 Å². The van der Waals surface area contributed by atoms with Crippen LogP contribution in [-0.4, -0.2) is 42.7 Å². The summed E-state index contributed by atoms with van der Waals surface area (Å²) in [5.74, 6) is 1.28. The van der Waals surface area contributed by atoms with Crippen molar-refractivity contribution in [1.82, 2.24) is 25.2 Å². The van der Waals surface area contributed by atoms with Gasteiger partial charge in [-0.3, -0.25) is 9.78 Å².